The highest BCUT2D eigenvalue weighted by Crippen LogP contribution is 2.19. The lowest BCUT2D eigenvalue weighted by molar-refractivity contribution is 0.103. The Morgan fingerprint density at radius 2 is 1.42 bits per heavy atom. The van der Waals surface area contributed by atoms with Crippen molar-refractivity contribution >= 4 is 22.8 Å². The van der Waals surface area contributed by atoms with Gasteiger partial charge in [0.2, 0.25) is 0 Å². The summed E-state index contributed by atoms with van der Waals surface area (Å²) >= 11 is 0. The molecule has 0 heterocycles. The molecule has 0 aliphatic rings. The minimum Gasteiger partial charge on any atom is -0.399 e. The zero-order valence-corrected chi connectivity index (χ0v) is 11.1. The molecule has 2 rings (SSSR count). The van der Waals surface area contributed by atoms with E-state index in [9.17, 15) is 4.79 Å². The number of carbonyl (C=O) groups is 1. The van der Waals surface area contributed by atoms with Crippen molar-refractivity contribution in [2.24, 2.45) is 0 Å². The van der Waals surface area contributed by atoms with Crippen molar-refractivity contribution in [3.05, 3.63) is 53.6 Å². The molecule has 2 aromatic carbocycles. The third-order valence-electron chi connectivity index (χ3n) is 2.89. The Morgan fingerprint density at radius 1 is 0.895 bits per heavy atom. The third kappa shape index (κ3) is 2.85. The summed E-state index contributed by atoms with van der Waals surface area (Å²) in [5.74, 6) is -0.0793. The number of anilines is 3. The van der Waals surface area contributed by atoms with Crippen molar-refractivity contribution < 1.29 is 4.79 Å². The molecule has 0 aliphatic heterocycles. The second-order valence-electron chi connectivity index (χ2n) is 4.66. The predicted octanol–water partition coefficient (Wildman–Crippen LogP) is 2.15. The molecule has 4 nitrogen and oxygen atoms in total. The zero-order chi connectivity index (χ0) is 14.0. The number of hydrogen-bond acceptors (Lipinski definition) is 4. The maximum Gasteiger partial charge on any atom is 0.193 e. The van der Waals surface area contributed by atoms with Gasteiger partial charge in [-0.15, -0.1) is 0 Å². The van der Waals surface area contributed by atoms with E-state index >= 15 is 0 Å². The summed E-state index contributed by atoms with van der Waals surface area (Å²) in [6.45, 7) is 0. The highest BCUT2D eigenvalue weighted by atomic mass is 16.1. The van der Waals surface area contributed by atoms with Gasteiger partial charge >= 0.3 is 0 Å². The molecule has 0 bridgehead atoms. The Kier molecular flexibility index (Phi) is 3.42. The fourth-order valence-electron chi connectivity index (χ4n) is 1.89. The van der Waals surface area contributed by atoms with Gasteiger partial charge in [0.25, 0.3) is 0 Å². The molecule has 0 spiro atoms. The van der Waals surface area contributed by atoms with Crippen LogP contribution in [0.15, 0.2) is 42.5 Å². The van der Waals surface area contributed by atoms with Crippen LogP contribution in [0.2, 0.25) is 0 Å². The van der Waals surface area contributed by atoms with E-state index in [1.165, 1.54) is 0 Å². The molecule has 4 heteroatoms. The molecule has 0 unspecified atom stereocenters. The Morgan fingerprint density at radius 3 is 1.89 bits per heavy atom. The maximum absolute atomic E-state index is 12.3. The Labute approximate surface area is 112 Å². The van der Waals surface area contributed by atoms with Crippen molar-refractivity contribution in [2.45, 2.75) is 0 Å². The first-order valence-corrected chi connectivity index (χ1v) is 5.95. The first-order valence-electron chi connectivity index (χ1n) is 5.95. The molecular formula is C15H17N3O. The van der Waals surface area contributed by atoms with E-state index in [0.29, 0.717) is 22.5 Å². The molecule has 0 atom stereocenters. The molecule has 0 fully saturated rings. The third-order valence-corrected chi connectivity index (χ3v) is 2.89. The van der Waals surface area contributed by atoms with E-state index in [1.54, 1.807) is 30.3 Å². The largest absolute Gasteiger partial charge is 0.399 e. The van der Waals surface area contributed by atoms with Crippen molar-refractivity contribution in [1.29, 1.82) is 0 Å². The molecular weight excluding hydrogens is 238 g/mol. The highest BCUT2D eigenvalue weighted by molar-refractivity contribution is 6.10. The minimum absolute atomic E-state index is 0.0793. The lowest BCUT2D eigenvalue weighted by atomic mass is 10.0. The van der Waals surface area contributed by atoms with Gasteiger partial charge in [0.1, 0.15) is 0 Å². The quantitative estimate of drug-likeness (QED) is 0.651. The van der Waals surface area contributed by atoms with E-state index in [1.807, 2.05) is 31.1 Å². The van der Waals surface area contributed by atoms with Gasteiger partial charge in [-0.3, -0.25) is 4.79 Å². The minimum atomic E-state index is -0.0793. The second-order valence-corrected chi connectivity index (χ2v) is 4.66. The van der Waals surface area contributed by atoms with E-state index in [4.69, 9.17) is 11.5 Å². The van der Waals surface area contributed by atoms with Gasteiger partial charge in [0.15, 0.2) is 5.78 Å². The smallest absolute Gasteiger partial charge is 0.193 e. The van der Waals surface area contributed by atoms with Crippen molar-refractivity contribution in [3.63, 3.8) is 0 Å². The van der Waals surface area contributed by atoms with Gasteiger partial charge in [-0.1, -0.05) is 0 Å². The maximum atomic E-state index is 12.3. The summed E-state index contributed by atoms with van der Waals surface area (Å²) < 4.78 is 0. The fraction of sp³-hybridized carbons (Fsp3) is 0.133. The first-order chi connectivity index (χ1) is 8.97. The lowest BCUT2D eigenvalue weighted by Crippen LogP contribution is -2.09. The summed E-state index contributed by atoms with van der Waals surface area (Å²) in [6, 6.07) is 12.3. The molecule has 98 valence electrons. The van der Waals surface area contributed by atoms with E-state index < -0.39 is 0 Å². The first kappa shape index (κ1) is 13.0. The number of ketones is 1. The number of rotatable bonds is 3. The predicted molar refractivity (Wildman–Crippen MR) is 79.5 cm³/mol. The summed E-state index contributed by atoms with van der Waals surface area (Å²) in [7, 11) is 3.91. The van der Waals surface area contributed by atoms with Gasteiger partial charge in [0.05, 0.1) is 0 Å². The van der Waals surface area contributed by atoms with Crippen LogP contribution >= 0.6 is 0 Å². The highest BCUT2D eigenvalue weighted by Gasteiger charge is 2.10. The fourth-order valence-corrected chi connectivity index (χ4v) is 1.89. The molecule has 4 N–H and O–H groups in total. The topological polar surface area (TPSA) is 72.3 Å². The van der Waals surface area contributed by atoms with Crippen LogP contribution in [0.25, 0.3) is 0 Å². The normalized spacial score (nSPS) is 10.2. The zero-order valence-electron chi connectivity index (χ0n) is 11.1. The average molecular weight is 255 g/mol. The molecule has 0 amide bonds. The Bertz CT molecular complexity index is 583. The monoisotopic (exact) mass is 255 g/mol. The van der Waals surface area contributed by atoms with Gasteiger partial charge < -0.3 is 16.4 Å². The SMILES string of the molecule is CN(C)c1ccc(C(=O)c2cc(N)cc(N)c2)cc1. The number of nitrogens with zero attached hydrogens (tertiary/aromatic N) is 1. The molecule has 2 aromatic rings. The summed E-state index contributed by atoms with van der Waals surface area (Å²) in [4.78, 5) is 14.3. The molecule has 19 heavy (non-hydrogen) atoms. The Hall–Kier alpha value is -2.49. The number of nitrogen functional groups attached to an aromatic ring is 2. The molecule has 0 saturated carbocycles. The summed E-state index contributed by atoms with van der Waals surface area (Å²) in [5, 5.41) is 0. The van der Waals surface area contributed by atoms with Crippen LogP contribution in [0.5, 0.6) is 0 Å². The van der Waals surface area contributed by atoms with Crippen LogP contribution in [0.4, 0.5) is 17.1 Å². The number of hydrogen-bond donors (Lipinski definition) is 2. The lowest BCUT2D eigenvalue weighted by Gasteiger charge is -2.12. The van der Waals surface area contributed by atoms with Gasteiger partial charge in [-0.05, 0) is 42.5 Å². The second kappa shape index (κ2) is 5.02. The van der Waals surface area contributed by atoms with Crippen LogP contribution in [-0.4, -0.2) is 19.9 Å². The van der Waals surface area contributed by atoms with Crippen molar-refractivity contribution in [2.75, 3.05) is 30.5 Å². The van der Waals surface area contributed by atoms with Crippen LogP contribution in [0.3, 0.4) is 0 Å². The van der Waals surface area contributed by atoms with Crippen LogP contribution in [0.1, 0.15) is 15.9 Å². The van der Waals surface area contributed by atoms with Crippen molar-refractivity contribution in [3.8, 4) is 0 Å². The van der Waals surface area contributed by atoms with E-state index in [2.05, 4.69) is 0 Å². The number of carbonyl (C=O) groups excluding carboxylic acids is 1. The standard InChI is InChI=1S/C15H17N3O/c1-18(2)14-5-3-10(4-6-14)15(19)11-7-12(16)9-13(17)8-11/h3-9H,16-17H2,1-2H3. The van der Waals surface area contributed by atoms with E-state index in [-0.39, 0.29) is 5.78 Å². The van der Waals surface area contributed by atoms with Gasteiger partial charge in [0, 0.05) is 42.3 Å². The summed E-state index contributed by atoms with van der Waals surface area (Å²) in [5.41, 5.74) is 14.6. The molecule has 0 aliphatic carbocycles. The molecule has 0 radical (unpaired) electrons. The average Bonchev–Trinajstić information content (AvgIpc) is 2.37. The summed E-state index contributed by atoms with van der Waals surface area (Å²) in [6.07, 6.45) is 0. The molecule has 0 aromatic heterocycles. The number of benzene rings is 2. The van der Waals surface area contributed by atoms with Gasteiger partial charge in [-0.25, -0.2) is 0 Å². The van der Waals surface area contributed by atoms with E-state index in [0.717, 1.165) is 5.69 Å². The van der Waals surface area contributed by atoms with Gasteiger partial charge in [-0.2, -0.15) is 0 Å². The number of nitrogens with two attached hydrogens (primary N) is 2. The van der Waals surface area contributed by atoms with Crippen LogP contribution < -0.4 is 16.4 Å². The van der Waals surface area contributed by atoms with Crippen molar-refractivity contribution in [1.82, 2.24) is 0 Å². The molecule has 0 saturated heterocycles. The van der Waals surface area contributed by atoms with Crippen LogP contribution in [0, 0.1) is 0 Å². The van der Waals surface area contributed by atoms with Crippen LogP contribution in [-0.2, 0) is 0 Å². The Balaban J connectivity index is 2.33.